The van der Waals surface area contributed by atoms with Crippen LogP contribution in [0.3, 0.4) is 0 Å². The number of hydrogen-bond donors (Lipinski definition) is 1. The van der Waals surface area contributed by atoms with Gasteiger partial charge < -0.3 is 10.1 Å². The smallest absolute Gasteiger partial charge is 0.317 e. The molecule has 0 spiro atoms. The number of carbonyl (C=O) groups is 2. The third-order valence-electron chi connectivity index (χ3n) is 5.09. The maximum absolute atomic E-state index is 13.0. The van der Waals surface area contributed by atoms with E-state index in [1.807, 2.05) is 36.4 Å². The second-order valence-electron chi connectivity index (χ2n) is 6.88. The van der Waals surface area contributed by atoms with Crippen LogP contribution >= 0.6 is 0 Å². The van der Waals surface area contributed by atoms with Crippen molar-refractivity contribution in [3.05, 3.63) is 65.7 Å². The Morgan fingerprint density at radius 2 is 1.81 bits per heavy atom. The van der Waals surface area contributed by atoms with E-state index in [0.29, 0.717) is 11.3 Å². The summed E-state index contributed by atoms with van der Waals surface area (Å²) in [7, 11) is 0. The third-order valence-corrected chi connectivity index (χ3v) is 5.09. The molecule has 5 nitrogen and oxygen atoms in total. The summed E-state index contributed by atoms with van der Waals surface area (Å²) in [6.07, 6.45) is 2.46. The van der Waals surface area contributed by atoms with Crippen molar-refractivity contribution in [1.29, 1.82) is 5.26 Å². The molecule has 3 rings (SSSR count). The van der Waals surface area contributed by atoms with Gasteiger partial charge in [0.2, 0.25) is 0 Å². The van der Waals surface area contributed by atoms with Crippen molar-refractivity contribution in [3.63, 3.8) is 0 Å². The van der Waals surface area contributed by atoms with Crippen molar-refractivity contribution in [1.82, 2.24) is 0 Å². The molecule has 0 saturated heterocycles. The predicted octanol–water partition coefficient (Wildman–Crippen LogP) is 3.94. The van der Waals surface area contributed by atoms with E-state index in [-0.39, 0.29) is 5.97 Å². The van der Waals surface area contributed by atoms with Crippen LogP contribution in [0.4, 0.5) is 5.69 Å². The Hall–Kier alpha value is -3.13. The molecule has 0 aromatic heterocycles. The number of rotatable bonds is 5. The van der Waals surface area contributed by atoms with Gasteiger partial charge in [0.25, 0.3) is 5.91 Å². The SMILES string of the molecule is CC(OC(=O)C1(c2ccccc2)CCCC1)C(=O)Nc1cccc(C#N)c1. The van der Waals surface area contributed by atoms with Gasteiger partial charge in [-0.25, -0.2) is 0 Å². The lowest BCUT2D eigenvalue weighted by molar-refractivity contribution is -0.159. The van der Waals surface area contributed by atoms with Gasteiger partial charge in [-0.2, -0.15) is 5.26 Å². The minimum atomic E-state index is -0.926. The molecule has 1 saturated carbocycles. The maximum Gasteiger partial charge on any atom is 0.317 e. The summed E-state index contributed by atoms with van der Waals surface area (Å²) in [5.41, 5.74) is 1.23. The normalized spacial score (nSPS) is 16.1. The van der Waals surface area contributed by atoms with E-state index in [4.69, 9.17) is 10.00 Å². The van der Waals surface area contributed by atoms with Gasteiger partial charge in [0.1, 0.15) is 0 Å². The number of esters is 1. The Kier molecular flexibility index (Phi) is 5.56. The molecule has 0 aliphatic heterocycles. The maximum atomic E-state index is 13.0. The summed E-state index contributed by atoms with van der Waals surface area (Å²) in [6.45, 7) is 1.56. The minimum Gasteiger partial charge on any atom is -0.452 e. The van der Waals surface area contributed by atoms with Gasteiger partial charge in [0.05, 0.1) is 17.0 Å². The number of nitrogens with one attached hydrogen (secondary N) is 1. The largest absolute Gasteiger partial charge is 0.452 e. The zero-order valence-electron chi connectivity index (χ0n) is 15.3. The molecule has 0 bridgehead atoms. The van der Waals surface area contributed by atoms with Crippen molar-refractivity contribution in [2.45, 2.75) is 44.1 Å². The van der Waals surface area contributed by atoms with Crippen LogP contribution in [0.2, 0.25) is 0 Å². The number of hydrogen-bond acceptors (Lipinski definition) is 4. The number of amides is 1. The Labute approximate surface area is 159 Å². The molecule has 138 valence electrons. The minimum absolute atomic E-state index is 0.348. The lowest BCUT2D eigenvalue weighted by Crippen LogP contribution is -2.39. The Morgan fingerprint density at radius 3 is 2.48 bits per heavy atom. The first-order valence-electron chi connectivity index (χ1n) is 9.13. The zero-order valence-corrected chi connectivity index (χ0v) is 15.3. The van der Waals surface area contributed by atoms with Gasteiger partial charge in [-0.3, -0.25) is 9.59 Å². The van der Waals surface area contributed by atoms with Crippen molar-refractivity contribution >= 4 is 17.6 Å². The lowest BCUT2D eigenvalue weighted by atomic mass is 9.79. The first kappa shape index (κ1) is 18.7. The fraction of sp³-hybridized carbons (Fsp3) is 0.318. The van der Waals surface area contributed by atoms with Gasteiger partial charge in [-0.05, 0) is 43.5 Å². The van der Waals surface area contributed by atoms with Crippen LogP contribution in [-0.2, 0) is 19.7 Å². The molecular weight excluding hydrogens is 340 g/mol. The van der Waals surface area contributed by atoms with Crippen LogP contribution in [0, 0.1) is 11.3 Å². The first-order valence-corrected chi connectivity index (χ1v) is 9.13. The Bertz CT molecular complexity index is 865. The Morgan fingerprint density at radius 1 is 1.11 bits per heavy atom. The zero-order chi connectivity index (χ0) is 19.3. The van der Waals surface area contributed by atoms with Gasteiger partial charge in [0.15, 0.2) is 6.10 Å². The molecule has 1 aliphatic carbocycles. The molecule has 5 heteroatoms. The number of nitriles is 1. The fourth-order valence-corrected chi connectivity index (χ4v) is 3.58. The molecule has 27 heavy (non-hydrogen) atoms. The molecule has 1 N–H and O–H groups in total. The van der Waals surface area contributed by atoms with Crippen LogP contribution in [0.25, 0.3) is 0 Å². The molecule has 0 heterocycles. The van der Waals surface area contributed by atoms with Crippen LogP contribution < -0.4 is 5.32 Å². The second kappa shape index (κ2) is 8.05. The van der Waals surface area contributed by atoms with Crippen LogP contribution in [0.5, 0.6) is 0 Å². The lowest BCUT2D eigenvalue weighted by Gasteiger charge is -2.28. The van der Waals surface area contributed by atoms with Crippen molar-refractivity contribution in [2.24, 2.45) is 0 Å². The molecule has 1 amide bonds. The highest BCUT2D eigenvalue weighted by atomic mass is 16.5. The molecule has 1 unspecified atom stereocenters. The van der Waals surface area contributed by atoms with Gasteiger partial charge >= 0.3 is 5.97 Å². The summed E-state index contributed by atoms with van der Waals surface area (Å²) in [5, 5.41) is 11.6. The number of anilines is 1. The monoisotopic (exact) mass is 362 g/mol. The van der Waals surface area contributed by atoms with E-state index in [9.17, 15) is 9.59 Å². The number of nitrogens with zero attached hydrogens (tertiary/aromatic N) is 1. The molecule has 1 fully saturated rings. The molecular formula is C22H22N2O3. The second-order valence-corrected chi connectivity index (χ2v) is 6.88. The highest BCUT2D eigenvalue weighted by Crippen LogP contribution is 2.42. The molecule has 2 aromatic rings. The van der Waals surface area contributed by atoms with E-state index in [1.54, 1.807) is 31.2 Å². The standard InChI is InChI=1S/C22H22N2O3/c1-16(20(25)24-19-11-7-8-17(14-19)15-23)27-21(26)22(12-5-6-13-22)18-9-3-2-4-10-18/h2-4,7-11,14,16H,5-6,12-13H2,1H3,(H,24,25). The summed E-state index contributed by atoms with van der Waals surface area (Å²) in [4.78, 5) is 25.4. The van der Waals surface area contributed by atoms with Crippen molar-refractivity contribution in [3.8, 4) is 6.07 Å². The van der Waals surface area contributed by atoms with Crippen molar-refractivity contribution < 1.29 is 14.3 Å². The van der Waals surface area contributed by atoms with Crippen molar-refractivity contribution in [2.75, 3.05) is 5.32 Å². The van der Waals surface area contributed by atoms with E-state index in [0.717, 1.165) is 31.2 Å². The fourth-order valence-electron chi connectivity index (χ4n) is 3.58. The summed E-state index contributed by atoms with van der Waals surface area (Å²) in [5.74, 6) is -0.765. The molecule has 1 atom stereocenters. The van der Waals surface area contributed by atoms with Gasteiger partial charge in [-0.1, -0.05) is 49.2 Å². The highest BCUT2D eigenvalue weighted by Gasteiger charge is 2.45. The van der Waals surface area contributed by atoms with Crippen LogP contribution in [0.15, 0.2) is 54.6 Å². The summed E-state index contributed by atoms with van der Waals surface area (Å²) < 4.78 is 5.57. The first-order chi connectivity index (χ1) is 13.0. The van der Waals surface area contributed by atoms with Gasteiger partial charge in [-0.15, -0.1) is 0 Å². The van der Waals surface area contributed by atoms with E-state index in [2.05, 4.69) is 5.32 Å². The molecule has 1 aliphatic rings. The predicted molar refractivity (Wildman–Crippen MR) is 102 cm³/mol. The number of carbonyl (C=O) groups excluding carboxylic acids is 2. The van der Waals surface area contributed by atoms with E-state index >= 15 is 0 Å². The number of benzene rings is 2. The Balaban J connectivity index is 1.70. The quantitative estimate of drug-likeness (QED) is 0.817. The molecule has 0 radical (unpaired) electrons. The molecule has 2 aromatic carbocycles. The third kappa shape index (κ3) is 4.01. The van der Waals surface area contributed by atoms with E-state index in [1.165, 1.54) is 0 Å². The van der Waals surface area contributed by atoms with Gasteiger partial charge in [0, 0.05) is 5.69 Å². The average molecular weight is 362 g/mol. The number of ether oxygens (including phenoxy) is 1. The van der Waals surface area contributed by atoms with E-state index < -0.39 is 17.4 Å². The topological polar surface area (TPSA) is 79.2 Å². The van der Waals surface area contributed by atoms with Crippen LogP contribution in [-0.4, -0.2) is 18.0 Å². The van der Waals surface area contributed by atoms with Crippen LogP contribution in [0.1, 0.15) is 43.7 Å². The highest BCUT2D eigenvalue weighted by molar-refractivity contribution is 5.96. The average Bonchev–Trinajstić information content (AvgIpc) is 3.20. The summed E-state index contributed by atoms with van der Waals surface area (Å²) in [6, 6.07) is 18.3. The summed E-state index contributed by atoms with van der Waals surface area (Å²) >= 11 is 0.